The minimum atomic E-state index is -0.538. The predicted molar refractivity (Wildman–Crippen MR) is 86.5 cm³/mol. The normalized spacial score (nSPS) is 18.6. The van der Waals surface area contributed by atoms with E-state index in [0.29, 0.717) is 26.2 Å². The number of halogens is 2. The van der Waals surface area contributed by atoms with Crippen molar-refractivity contribution in [3.8, 4) is 0 Å². The van der Waals surface area contributed by atoms with Crippen LogP contribution >= 0.6 is 11.6 Å². The van der Waals surface area contributed by atoms with Gasteiger partial charge in [-0.05, 0) is 24.6 Å². The molecule has 0 radical (unpaired) electrons. The molecule has 1 aliphatic heterocycles. The Balaban J connectivity index is 2.11. The maximum absolute atomic E-state index is 13.6. The zero-order valence-electron chi connectivity index (χ0n) is 13.3. The molecule has 1 aliphatic rings. The van der Waals surface area contributed by atoms with Crippen LogP contribution in [0.4, 0.5) is 4.39 Å². The van der Waals surface area contributed by atoms with Crippen LogP contribution in [0.2, 0.25) is 5.02 Å². The van der Waals surface area contributed by atoms with Crippen molar-refractivity contribution in [3.05, 3.63) is 34.6 Å². The van der Waals surface area contributed by atoms with Crippen LogP contribution in [0.3, 0.4) is 0 Å². The van der Waals surface area contributed by atoms with E-state index < -0.39 is 11.9 Å². The number of amides is 2. The number of piperazine rings is 1. The highest BCUT2D eigenvalue weighted by molar-refractivity contribution is 6.30. The van der Waals surface area contributed by atoms with Crippen molar-refractivity contribution in [1.29, 1.82) is 0 Å². The summed E-state index contributed by atoms with van der Waals surface area (Å²) >= 11 is 5.69. The van der Waals surface area contributed by atoms with Crippen LogP contribution in [-0.2, 0) is 16.1 Å². The molecule has 7 heteroatoms. The van der Waals surface area contributed by atoms with Gasteiger partial charge in [-0.2, -0.15) is 0 Å². The highest BCUT2D eigenvalue weighted by atomic mass is 35.5. The van der Waals surface area contributed by atoms with Gasteiger partial charge >= 0.3 is 0 Å². The first kappa shape index (κ1) is 17.7. The van der Waals surface area contributed by atoms with Crippen LogP contribution < -0.4 is 5.32 Å². The van der Waals surface area contributed by atoms with Gasteiger partial charge in [-0.25, -0.2) is 4.39 Å². The van der Waals surface area contributed by atoms with Gasteiger partial charge in [0.1, 0.15) is 5.82 Å². The number of rotatable bonds is 5. The quantitative estimate of drug-likeness (QED) is 0.886. The molecular weight excluding hydrogens is 321 g/mol. The van der Waals surface area contributed by atoms with Crippen LogP contribution in [0.25, 0.3) is 0 Å². The van der Waals surface area contributed by atoms with E-state index in [2.05, 4.69) is 5.32 Å². The molecule has 2 rings (SSSR count). The molecule has 1 N–H and O–H groups in total. The monoisotopic (exact) mass is 341 g/mol. The molecule has 0 bridgehead atoms. The van der Waals surface area contributed by atoms with Gasteiger partial charge in [-0.1, -0.05) is 17.7 Å². The molecule has 1 fully saturated rings. The summed E-state index contributed by atoms with van der Waals surface area (Å²) in [7, 11) is 1.71. The molecule has 23 heavy (non-hydrogen) atoms. The van der Waals surface area contributed by atoms with Crippen molar-refractivity contribution in [2.75, 3.05) is 26.7 Å². The third-order valence-electron chi connectivity index (χ3n) is 4.08. The second-order valence-electron chi connectivity index (χ2n) is 5.64. The number of carbonyl (C=O) groups is 2. The van der Waals surface area contributed by atoms with Gasteiger partial charge < -0.3 is 10.2 Å². The van der Waals surface area contributed by atoms with Crippen LogP contribution in [0.5, 0.6) is 0 Å². The van der Waals surface area contributed by atoms with Crippen molar-refractivity contribution in [2.45, 2.75) is 25.9 Å². The summed E-state index contributed by atoms with van der Waals surface area (Å²) in [5.74, 6) is -0.727. The molecule has 5 nitrogen and oxygen atoms in total. The fourth-order valence-corrected chi connectivity index (χ4v) is 2.66. The summed E-state index contributed by atoms with van der Waals surface area (Å²) in [6.45, 7) is 4.00. The number of benzene rings is 1. The van der Waals surface area contributed by atoms with Crippen molar-refractivity contribution in [2.24, 2.45) is 0 Å². The summed E-state index contributed by atoms with van der Waals surface area (Å²) < 4.78 is 13.6. The van der Waals surface area contributed by atoms with Gasteiger partial charge in [0.25, 0.3) is 0 Å². The summed E-state index contributed by atoms with van der Waals surface area (Å²) in [6.07, 6.45) is 0.117. The average Bonchev–Trinajstić information content (AvgIpc) is 2.53. The SMILES string of the molecule is CCN(C)C(=O)CC1C(=O)NCCN1Cc1ccc(Cl)c(F)c1. The first-order valence-corrected chi connectivity index (χ1v) is 7.99. The van der Waals surface area contributed by atoms with E-state index in [-0.39, 0.29) is 23.3 Å². The highest BCUT2D eigenvalue weighted by Gasteiger charge is 2.32. The molecule has 126 valence electrons. The maximum Gasteiger partial charge on any atom is 0.237 e. The lowest BCUT2D eigenvalue weighted by molar-refractivity contribution is -0.138. The Hall–Kier alpha value is -1.66. The van der Waals surface area contributed by atoms with E-state index in [1.807, 2.05) is 11.8 Å². The predicted octanol–water partition coefficient (Wildman–Crippen LogP) is 1.65. The Bertz CT molecular complexity index is 597. The summed E-state index contributed by atoms with van der Waals surface area (Å²) in [5, 5.41) is 2.85. The smallest absolute Gasteiger partial charge is 0.237 e. The molecule has 2 amide bonds. The lowest BCUT2D eigenvalue weighted by atomic mass is 10.1. The van der Waals surface area contributed by atoms with Gasteiger partial charge in [-0.3, -0.25) is 14.5 Å². The van der Waals surface area contributed by atoms with E-state index in [9.17, 15) is 14.0 Å². The van der Waals surface area contributed by atoms with Crippen LogP contribution in [0.15, 0.2) is 18.2 Å². The molecule has 0 aromatic heterocycles. The molecular formula is C16H21ClFN3O2. The van der Waals surface area contributed by atoms with Crippen molar-refractivity contribution < 1.29 is 14.0 Å². The molecule has 1 saturated heterocycles. The third kappa shape index (κ3) is 4.42. The second-order valence-corrected chi connectivity index (χ2v) is 6.05. The Morgan fingerprint density at radius 2 is 2.26 bits per heavy atom. The van der Waals surface area contributed by atoms with E-state index in [1.165, 1.54) is 12.1 Å². The third-order valence-corrected chi connectivity index (χ3v) is 4.39. The largest absolute Gasteiger partial charge is 0.353 e. The van der Waals surface area contributed by atoms with Crippen LogP contribution in [-0.4, -0.2) is 54.3 Å². The molecule has 0 saturated carbocycles. The van der Waals surface area contributed by atoms with Crippen molar-refractivity contribution in [1.82, 2.24) is 15.1 Å². The Morgan fingerprint density at radius 1 is 1.52 bits per heavy atom. The van der Waals surface area contributed by atoms with Crippen molar-refractivity contribution >= 4 is 23.4 Å². The van der Waals surface area contributed by atoms with Gasteiger partial charge in [-0.15, -0.1) is 0 Å². The molecule has 0 aliphatic carbocycles. The first-order chi connectivity index (χ1) is 10.9. The second kappa shape index (κ2) is 7.75. The fraction of sp³-hybridized carbons (Fsp3) is 0.500. The fourth-order valence-electron chi connectivity index (χ4n) is 2.54. The Kier molecular flexibility index (Phi) is 5.96. The molecule has 0 spiro atoms. The average molecular weight is 342 g/mol. The zero-order chi connectivity index (χ0) is 17.0. The lowest BCUT2D eigenvalue weighted by Crippen LogP contribution is -2.56. The molecule has 1 aromatic rings. The highest BCUT2D eigenvalue weighted by Crippen LogP contribution is 2.19. The number of hydrogen-bond donors (Lipinski definition) is 1. The van der Waals surface area contributed by atoms with Gasteiger partial charge in [0.2, 0.25) is 11.8 Å². The van der Waals surface area contributed by atoms with Gasteiger partial charge in [0.05, 0.1) is 17.5 Å². The van der Waals surface area contributed by atoms with E-state index >= 15 is 0 Å². The number of hydrogen-bond acceptors (Lipinski definition) is 3. The van der Waals surface area contributed by atoms with Crippen LogP contribution in [0.1, 0.15) is 18.9 Å². The van der Waals surface area contributed by atoms with Gasteiger partial charge in [0.15, 0.2) is 0 Å². The summed E-state index contributed by atoms with van der Waals surface area (Å²) in [4.78, 5) is 27.8. The Morgan fingerprint density at radius 3 is 2.91 bits per heavy atom. The number of nitrogens with one attached hydrogen (secondary N) is 1. The van der Waals surface area contributed by atoms with Gasteiger partial charge in [0, 0.05) is 33.2 Å². The zero-order valence-corrected chi connectivity index (χ0v) is 14.1. The number of nitrogens with zero attached hydrogens (tertiary/aromatic N) is 2. The first-order valence-electron chi connectivity index (χ1n) is 7.62. The topological polar surface area (TPSA) is 52.7 Å². The number of carbonyl (C=O) groups excluding carboxylic acids is 2. The lowest BCUT2D eigenvalue weighted by Gasteiger charge is -2.35. The van der Waals surface area contributed by atoms with Crippen LogP contribution in [0, 0.1) is 5.82 Å². The molecule has 1 unspecified atom stereocenters. The molecule has 1 aromatic carbocycles. The van der Waals surface area contributed by atoms with Crippen molar-refractivity contribution in [3.63, 3.8) is 0 Å². The maximum atomic E-state index is 13.6. The van der Waals surface area contributed by atoms with E-state index in [0.717, 1.165) is 5.56 Å². The standard InChI is InChI=1S/C16H21ClFN3O2/c1-3-20(2)15(22)9-14-16(23)19-6-7-21(14)10-11-4-5-12(17)13(18)8-11/h4-5,8,14H,3,6-7,9-10H2,1-2H3,(H,19,23). The Labute approximate surface area is 140 Å². The van der Waals surface area contributed by atoms with E-state index in [4.69, 9.17) is 11.6 Å². The molecule has 1 atom stereocenters. The molecule has 1 heterocycles. The summed E-state index contributed by atoms with van der Waals surface area (Å²) in [6, 6.07) is 4.06. The van der Waals surface area contributed by atoms with E-state index in [1.54, 1.807) is 18.0 Å². The summed E-state index contributed by atoms with van der Waals surface area (Å²) in [5.41, 5.74) is 0.725. The minimum Gasteiger partial charge on any atom is -0.353 e. The minimum absolute atomic E-state index is 0.0708.